The van der Waals surface area contributed by atoms with Crippen molar-refractivity contribution >= 4 is 23.9 Å². The van der Waals surface area contributed by atoms with E-state index in [1.165, 1.54) is 103 Å². The molecule has 0 amide bonds. The Hall–Kier alpha value is -2.64. The molecule has 12 atom stereocenters. The number of ether oxygens (including phenoxy) is 4. The molecule has 71 heavy (non-hydrogen) atoms. The number of hydrogen-bond donors (Lipinski definition) is 0. The second kappa shape index (κ2) is 27.2. The van der Waals surface area contributed by atoms with Gasteiger partial charge in [-0.05, 0) is 181 Å². The van der Waals surface area contributed by atoms with E-state index in [0.29, 0.717) is 83.7 Å². The first-order valence-corrected chi connectivity index (χ1v) is 24.6. The lowest BCUT2D eigenvalue weighted by atomic mass is 9.42. The Morgan fingerprint density at radius 2 is 0.915 bits per heavy atom. The maximum absolute atomic E-state index is 13.2. The van der Waals surface area contributed by atoms with E-state index in [4.69, 9.17) is 18.9 Å². The second-order valence-corrected chi connectivity index (χ2v) is 23.8. The first-order chi connectivity index (χ1) is 28.5. The molecule has 0 radical (unpaired) electrons. The molecule has 0 N–H and O–H groups in total. The fourth-order valence-electron chi connectivity index (χ4n) is 18.0. The Morgan fingerprint density at radius 3 is 1.24 bits per heavy atom. The van der Waals surface area contributed by atoms with Crippen molar-refractivity contribution in [1.82, 2.24) is 0 Å². The van der Waals surface area contributed by atoms with Crippen LogP contribution in [0.25, 0.3) is 0 Å². The summed E-state index contributed by atoms with van der Waals surface area (Å²) in [6, 6.07) is 0. The maximum atomic E-state index is 13.2. The van der Waals surface area contributed by atoms with Gasteiger partial charge in [-0.2, -0.15) is 0 Å². The number of unbranched alkanes of at least 4 members (excludes halogenated alkanes) is 1. The van der Waals surface area contributed by atoms with Crippen molar-refractivity contribution in [3.8, 4) is 0 Å². The number of rotatable bonds is 13. The third-order valence-corrected chi connectivity index (χ3v) is 19.6. The van der Waals surface area contributed by atoms with Gasteiger partial charge in [-0.1, -0.05) is 123 Å². The molecule has 12 rings (SSSR count). The van der Waals surface area contributed by atoms with Gasteiger partial charge in [0, 0.05) is 53.6 Å². The molecule has 12 bridgehead atoms. The van der Waals surface area contributed by atoms with Gasteiger partial charge in [0.25, 0.3) is 0 Å². The van der Waals surface area contributed by atoms with E-state index in [0.717, 1.165) is 47.5 Å². The maximum Gasteiger partial charge on any atom is 0.344 e. The minimum absolute atomic E-state index is 0. The van der Waals surface area contributed by atoms with E-state index in [1.807, 2.05) is 0 Å². The summed E-state index contributed by atoms with van der Waals surface area (Å²) in [5.74, 6) is 8.37. The van der Waals surface area contributed by atoms with Crippen LogP contribution in [0.3, 0.4) is 0 Å². The van der Waals surface area contributed by atoms with Crippen LogP contribution in [-0.4, -0.2) is 48.3 Å². The zero-order valence-electron chi connectivity index (χ0n) is 37.7. The van der Waals surface area contributed by atoms with Gasteiger partial charge in [0.15, 0.2) is 6.61 Å². The van der Waals surface area contributed by atoms with Gasteiger partial charge in [0.05, 0.1) is 6.61 Å². The molecule has 12 unspecified atom stereocenters. The molecule has 0 aliphatic heterocycles. The predicted octanol–water partition coefficient (Wildman–Crippen LogP) is 17.6. The molecule has 0 aromatic carbocycles. The highest BCUT2D eigenvalue weighted by atomic mass is 16.6. The predicted molar refractivity (Wildman–Crippen MR) is 303 cm³/mol. The van der Waals surface area contributed by atoms with Gasteiger partial charge < -0.3 is 18.9 Å². The van der Waals surface area contributed by atoms with Gasteiger partial charge in [0.2, 0.25) is 0 Å². The van der Waals surface area contributed by atoms with E-state index >= 15 is 0 Å². The van der Waals surface area contributed by atoms with Crippen LogP contribution in [0.5, 0.6) is 0 Å². The summed E-state index contributed by atoms with van der Waals surface area (Å²) in [6.07, 6.45) is 23.4. The van der Waals surface area contributed by atoms with Crippen LogP contribution >= 0.6 is 0 Å². The molecule has 0 aromatic heterocycles. The summed E-state index contributed by atoms with van der Waals surface area (Å²) < 4.78 is 23.4. The highest BCUT2D eigenvalue weighted by Gasteiger charge is 2.70. The number of fused-ring (bicyclic) bond motifs is 4. The van der Waals surface area contributed by atoms with Crippen molar-refractivity contribution < 1.29 is 38.1 Å². The summed E-state index contributed by atoms with van der Waals surface area (Å²) in [6.45, 7) is 18.5. The molecule has 0 aromatic rings. The number of carbonyl (C=O) groups is 4. The van der Waals surface area contributed by atoms with E-state index in [-0.39, 0.29) is 117 Å². The zero-order valence-corrected chi connectivity index (χ0v) is 37.7. The van der Waals surface area contributed by atoms with Crippen LogP contribution in [0, 0.1) is 93.7 Å². The summed E-state index contributed by atoms with van der Waals surface area (Å²) in [4.78, 5) is 49.0. The molecule has 12 fully saturated rings. The van der Waals surface area contributed by atoms with E-state index in [1.54, 1.807) is 6.92 Å². The standard InChI is InChI=1S/C28H42O4.C24H34O4.11CH4/c1-17(2)26(30)31-8-6-5-7-25(29)32-28(24-13-20-12-21(24)9-18(20)3)22-10-19-11-23(28)16-27(4,14-19)15-22;1-4-21(25)27-13-22(26)28-24(20-9-16-8-17(20)5-14(16)2)18-6-15-7-19(24)12-23(3,10-15)11-18;;;;;;;;;;;/h18-24H,1,5-16H2,2-4H3;4,14-20H,1,5-13H2,2-3H3;11*1H4. The topological polar surface area (TPSA) is 105 Å². The van der Waals surface area contributed by atoms with Crippen molar-refractivity contribution in [2.75, 3.05) is 13.2 Å². The molecule has 12 saturated carbocycles. The van der Waals surface area contributed by atoms with Crippen LogP contribution in [0.15, 0.2) is 24.8 Å². The van der Waals surface area contributed by atoms with Crippen LogP contribution in [0.1, 0.15) is 238 Å². The van der Waals surface area contributed by atoms with Crippen LogP contribution in [-0.2, 0) is 38.1 Å². The van der Waals surface area contributed by atoms with Gasteiger partial charge in [-0.25, -0.2) is 14.4 Å². The van der Waals surface area contributed by atoms with Crippen LogP contribution in [0.4, 0.5) is 0 Å². The smallest absolute Gasteiger partial charge is 0.344 e. The van der Waals surface area contributed by atoms with Crippen molar-refractivity contribution in [2.45, 2.75) is 250 Å². The lowest BCUT2D eigenvalue weighted by Crippen LogP contribution is -2.66. The molecular weight excluding hydrogens is 885 g/mol. The van der Waals surface area contributed by atoms with Gasteiger partial charge >= 0.3 is 23.9 Å². The first kappa shape index (κ1) is 72.6. The number of esters is 4. The molecule has 8 heteroatoms. The Kier molecular flexibility index (Phi) is 27.9. The Balaban J connectivity index is -0.00000113. The summed E-state index contributed by atoms with van der Waals surface area (Å²) in [7, 11) is 0. The molecule has 0 heterocycles. The largest absolute Gasteiger partial charge is 0.462 e. The fourth-order valence-corrected chi connectivity index (χ4v) is 18.0. The molecule has 12 aliphatic rings. The minimum Gasteiger partial charge on any atom is -0.462 e. The Labute approximate surface area is 441 Å². The van der Waals surface area contributed by atoms with Crippen molar-refractivity contribution in [2.24, 2.45) is 93.7 Å². The third-order valence-electron chi connectivity index (χ3n) is 19.6. The van der Waals surface area contributed by atoms with Crippen molar-refractivity contribution in [3.63, 3.8) is 0 Å². The Morgan fingerprint density at radius 1 is 0.521 bits per heavy atom. The van der Waals surface area contributed by atoms with Crippen molar-refractivity contribution in [3.05, 3.63) is 24.8 Å². The monoisotopic (exact) mass is 1000 g/mol. The molecular formula is C63H120O8. The second-order valence-electron chi connectivity index (χ2n) is 23.8. The van der Waals surface area contributed by atoms with E-state index in [2.05, 4.69) is 40.9 Å². The first-order valence-electron chi connectivity index (χ1n) is 24.6. The lowest BCUT2D eigenvalue weighted by Gasteiger charge is -2.66. The van der Waals surface area contributed by atoms with Gasteiger partial charge in [0.1, 0.15) is 11.2 Å². The molecule has 12 aliphatic carbocycles. The van der Waals surface area contributed by atoms with Crippen LogP contribution < -0.4 is 0 Å². The SMILES string of the molecule is C.C.C.C.C.C.C.C.C.C.C.C=C(C)C(=O)OCCCCC(=O)OC1(C2CC3CC2CC3C)C2CC3CC1CC(C)(C3)C2.C=CC(=O)OCC(=O)OC1(C2CC3CC2CC3C)C2CC3CC1CC(C)(C3)C2. The average molecular weight is 1010 g/mol. The van der Waals surface area contributed by atoms with Crippen molar-refractivity contribution in [1.29, 1.82) is 0 Å². The lowest BCUT2D eigenvalue weighted by molar-refractivity contribution is -0.250. The van der Waals surface area contributed by atoms with E-state index < -0.39 is 5.97 Å². The van der Waals surface area contributed by atoms with Gasteiger partial charge in [-0.3, -0.25) is 4.79 Å². The zero-order chi connectivity index (χ0) is 42.4. The quantitative estimate of drug-likeness (QED) is 0.0778. The van der Waals surface area contributed by atoms with Gasteiger partial charge in [-0.15, -0.1) is 0 Å². The molecule has 420 valence electrons. The summed E-state index contributed by atoms with van der Waals surface area (Å²) in [5.41, 5.74) is 0.826. The highest BCUT2D eigenvalue weighted by Crippen LogP contribution is 2.72. The minimum atomic E-state index is -0.558. The highest BCUT2D eigenvalue weighted by molar-refractivity contribution is 5.87. The fraction of sp³-hybridized carbons (Fsp3) is 0.873. The normalized spacial score (nSPS) is 40.6. The number of hydrogen-bond acceptors (Lipinski definition) is 8. The summed E-state index contributed by atoms with van der Waals surface area (Å²) in [5, 5.41) is 0. The third kappa shape index (κ3) is 13.1. The molecule has 0 saturated heterocycles. The molecule has 8 nitrogen and oxygen atoms in total. The summed E-state index contributed by atoms with van der Waals surface area (Å²) >= 11 is 0. The molecule has 0 spiro atoms. The van der Waals surface area contributed by atoms with E-state index in [9.17, 15) is 19.2 Å². The number of carbonyl (C=O) groups excluding carboxylic acids is 4. The average Bonchev–Trinajstić information content (AvgIpc) is 3.97. The Bertz CT molecular complexity index is 1690. The van der Waals surface area contributed by atoms with Crippen LogP contribution in [0.2, 0.25) is 0 Å².